The molecular weight excluding hydrogens is 380 g/mol. The van der Waals surface area contributed by atoms with E-state index in [4.69, 9.17) is 11.6 Å². The molecule has 0 aromatic carbocycles. The highest BCUT2D eigenvalue weighted by molar-refractivity contribution is 6.30. The Morgan fingerprint density at radius 1 is 1.32 bits per heavy atom. The second-order valence-corrected chi connectivity index (χ2v) is 7.94. The fraction of sp³-hybridized carbons (Fsp3) is 0.450. The summed E-state index contributed by atoms with van der Waals surface area (Å²) in [4.78, 5) is 31.4. The van der Waals surface area contributed by atoms with Gasteiger partial charge in [0.05, 0.1) is 23.2 Å². The molecule has 1 fully saturated rings. The molecule has 3 atom stereocenters. The third-order valence-corrected chi connectivity index (χ3v) is 5.94. The number of β-amino-alcohol motifs (C(OH)–C–C–N with tert-alkyl or cyclic N) is 1. The maximum Gasteiger partial charge on any atom is 0.252 e. The number of hydrogen-bond acceptors (Lipinski definition) is 5. The van der Waals surface area contributed by atoms with E-state index in [-0.39, 0.29) is 36.0 Å². The van der Waals surface area contributed by atoms with Crippen molar-refractivity contribution in [2.45, 2.75) is 18.4 Å². The molecule has 4 rings (SSSR count). The van der Waals surface area contributed by atoms with Gasteiger partial charge in [-0.05, 0) is 24.5 Å². The highest BCUT2D eigenvalue weighted by atomic mass is 35.5. The maximum absolute atomic E-state index is 12.6. The summed E-state index contributed by atoms with van der Waals surface area (Å²) in [7, 11) is 0. The number of halogens is 1. The molecule has 0 spiro atoms. The van der Waals surface area contributed by atoms with Gasteiger partial charge in [-0.3, -0.25) is 14.6 Å². The van der Waals surface area contributed by atoms with Crippen molar-refractivity contribution in [2.75, 3.05) is 32.8 Å². The predicted octanol–water partition coefficient (Wildman–Crippen LogP) is 1.28. The molecule has 7 nitrogen and oxygen atoms in total. The SMILES string of the molecule is O=C(NC[C@H]1[C@H]2C[C@H](CN(CCO)C2)c2cccc(=O)n21)c1cncc(Cl)c1. The minimum Gasteiger partial charge on any atom is -0.395 e. The standard InChI is InChI=1S/C20H23ClN4O3/c21-16-7-13(8-22-9-16)20(28)23-10-18-15-6-14(11-24(12-15)4-5-26)17-2-1-3-19(27)25(17)18/h1-3,7-9,14-15,18,26H,4-6,10-12H2,(H,23,28)/t14-,15+,18+/m1/s1. The summed E-state index contributed by atoms with van der Waals surface area (Å²) in [5.74, 6) is 0.240. The highest BCUT2D eigenvalue weighted by Crippen LogP contribution is 2.40. The lowest BCUT2D eigenvalue weighted by atomic mass is 9.78. The van der Waals surface area contributed by atoms with Gasteiger partial charge in [0.15, 0.2) is 0 Å². The van der Waals surface area contributed by atoms with E-state index in [1.807, 2.05) is 10.6 Å². The minimum atomic E-state index is -0.259. The van der Waals surface area contributed by atoms with Crippen LogP contribution in [0.1, 0.15) is 34.4 Å². The maximum atomic E-state index is 12.6. The summed E-state index contributed by atoms with van der Waals surface area (Å²) in [6, 6.07) is 6.82. The van der Waals surface area contributed by atoms with Gasteiger partial charge < -0.3 is 19.9 Å². The Morgan fingerprint density at radius 3 is 2.96 bits per heavy atom. The van der Waals surface area contributed by atoms with Crippen LogP contribution in [0.3, 0.4) is 0 Å². The zero-order chi connectivity index (χ0) is 19.7. The Kier molecular flexibility index (Phi) is 5.48. The van der Waals surface area contributed by atoms with E-state index in [9.17, 15) is 14.7 Å². The fourth-order valence-electron chi connectivity index (χ4n) is 4.56. The lowest BCUT2D eigenvalue weighted by Crippen LogP contribution is -2.52. The van der Waals surface area contributed by atoms with Gasteiger partial charge in [-0.15, -0.1) is 0 Å². The van der Waals surface area contributed by atoms with E-state index in [2.05, 4.69) is 15.2 Å². The van der Waals surface area contributed by atoms with Crippen LogP contribution in [-0.2, 0) is 0 Å². The number of nitrogens with zero attached hydrogens (tertiary/aromatic N) is 3. The number of carbonyl (C=O) groups is 1. The molecule has 2 N–H and O–H groups in total. The second kappa shape index (κ2) is 8.03. The number of nitrogens with one attached hydrogen (secondary N) is 1. The van der Waals surface area contributed by atoms with Crippen LogP contribution in [0.15, 0.2) is 41.5 Å². The number of likely N-dealkylation sites (tertiary alicyclic amines) is 1. The number of aliphatic hydroxyl groups is 1. The largest absolute Gasteiger partial charge is 0.395 e. The Morgan fingerprint density at radius 2 is 2.18 bits per heavy atom. The minimum absolute atomic E-state index is 0.0357. The van der Waals surface area contributed by atoms with Crippen molar-refractivity contribution in [3.63, 3.8) is 0 Å². The van der Waals surface area contributed by atoms with Crippen molar-refractivity contribution in [1.82, 2.24) is 19.8 Å². The topological polar surface area (TPSA) is 87.5 Å². The van der Waals surface area contributed by atoms with Crippen molar-refractivity contribution in [2.24, 2.45) is 5.92 Å². The molecule has 0 saturated carbocycles. The van der Waals surface area contributed by atoms with Gasteiger partial charge >= 0.3 is 0 Å². The Labute approximate surface area is 168 Å². The molecule has 4 heterocycles. The molecule has 2 aromatic heterocycles. The van der Waals surface area contributed by atoms with E-state index < -0.39 is 0 Å². The van der Waals surface area contributed by atoms with E-state index in [1.165, 1.54) is 12.4 Å². The summed E-state index contributed by atoms with van der Waals surface area (Å²) in [5, 5.41) is 12.7. The molecule has 0 radical (unpaired) electrons. The predicted molar refractivity (Wildman–Crippen MR) is 106 cm³/mol. The van der Waals surface area contributed by atoms with Gasteiger partial charge in [-0.2, -0.15) is 0 Å². The van der Waals surface area contributed by atoms with Crippen molar-refractivity contribution in [3.05, 3.63) is 63.3 Å². The lowest BCUT2D eigenvalue weighted by Gasteiger charge is -2.47. The Balaban J connectivity index is 1.59. The first kappa shape index (κ1) is 19.1. The molecule has 2 aliphatic heterocycles. The number of amides is 1. The van der Waals surface area contributed by atoms with Crippen LogP contribution in [0.2, 0.25) is 5.02 Å². The molecule has 0 unspecified atom stereocenters. The van der Waals surface area contributed by atoms with Crippen LogP contribution >= 0.6 is 11.6 Å². The second-order valence-electron chi connectivity index (χ2n) is 7.50. The molecule has 8 heteroatoms. The van der Waals surface area contributed by atoms with Gasteiger partial charge in [0.25, 0.3) is 11.5 Å². The number of pyridine rings is 2. The van der Waals surface area contributed by atoms with Gasteiger partial charge in [-0.25, -0.2) is 0 Å². The van der Waals surface area contributed by atoms with Crippen molar-refractivity contribution < 1.29 is 9.90 Å². The average Bonchev–Trinajstić information content (AvgIpc) is 2.68. The molecule has 148 valence electrons. The first-order valence-corrected chi connectivity index (χ1v) is 9.88. The number of hydrogen-bond donors (Lipinski definition) is 2. The van der Waals surface area contributed by atoms with Crippen molar-refractivity contribution in [1.29, 1.82) is 0 Å². The number of aliphatic hydroxyl groups excluding tert-OH is 1. The Hall–Kier alpha value is -2.22. The number of piperidine rings is 1. The number of carbonyl (C=O) groups excluding carboxylic acids is 1. The van der Waals surface area contributed by atoms with Crippen LogP contribution in [0, 0.1) is 5.92 Å². The zero-order valence-electron chi connectivity index (χ0n) is 15.4. The van der Waals surface area contributed by atoms with Crippen molar-refractivity contribution >= 4 is 17.5 Å². The smallest absolute Gasteiger partial charge is 0.252 e. The van der Waals surface area contributed by atoms with Gasteiger partial charge in [-0.1, -0.05) is 17.7 Å². The van der Waals surface area contributed by atoms with E-state index in [0.29, 0.717) is 23.7 Å². The summed E-state index contributed by atoms with van der Waals surface area (Å²) in [5.41, 5.74) is 1.37. The normalized spacial score (nSPS) is 23.9. The quantitative estimate of drug-likeness (QED) is 0.786. The first-order valence-electron chi connectivity index (χ1n) is 9.50. The lowest BCUT2D eigenvalue weighted by molar-refractivity contribution is 0.0730. The molecular formula is C20H23ClN4O3. The summed E-state index contributed by atoms with van der Waals surface area (Å²) in [6.07, 6.45) is 3.93. The molecule has 0 aliphatic carbocycles. The molecule has 2 aliphatic rings. The Bertz CT molecular complexity index is 932. The number of aromatic nitrogens is 2. The van der Waals surface area contributed by atoms with Crippen molar-refractivity contribution in [3.8, 4) is 0 Å². The molecule has 28 heavy (non-hydrogen) atoms. The fourth-order valence-corrected chi connectivity index (χ4v) is 4.73. The highest BCUT2D eigenvalue weighted by Gasteiger charge is 2.40. The van der Waals surface area contributed by atoms with Gasteiger partial charge in [0.2, 0.25) is 0 Å². The molecule has 1 amide bonds. The third-order valence-electron chi connectivity index (χ3n) is 5.73. The van der Waals surface area contributed by atoms with Crippen LogP contribution < -0.4 is 10.9 Å². The summed E-state index contributed by atoms with van der Waals surface area (Å²) in [6.45, 7) is 2.74. The van der Waals surface area contributed by atoms with E-state index in [1.54, 1.807) is 18.2 Å². The summed E-state index contributed by atoms with van der Waals surface area (Å²) < 4.78 is 1.85. The average molecular weight is 403 g/mol. The van der Waals surface area contributed by atoms with E-state index >= 15 is 0 Å². The van der Waals surface area contributed by atoms with E-state index in [0.717, 1.165) is 25.2 Å². The van der Waals surface area contributed by atoms with Gasteiger partial charge in [0.1, 0.15) is 0 Å². The third kappa shape index (κ3) is 3.70. The van der Waals surface area contributed by atoms with Gasteiger partial charge in [0, 0.05) is 56.3 Å². The molecule has 2 bridgehead atoms. The summed E-state index contributed by atoms with van der Waals surface area (Å²) >= 11 is 5.93. The van der Waals surface area contributed by atoms with Crippen LogP contribution in [-0.4, -0.2) is 58.3 Å². The van der Waals surface area contributed by atoms with Crippen LogP contribution in [0.4, 0.5) is 0 Å². The number of fused-ring (bicyclic) bond motifs is 4. The molecule has 1 saturated heterocycles. The zero-order valence-corrected chi connectivity index (χ0v) is 16.2. The van der Waals surface area contributed by atoms with Crippen LogP contribution in [0.5, 0.6) is 0 Å². The van der Waals surface area contributed by atoms with Crippen LogP contribution in [0.25, 0.3) is 0 Å². The molecule has 2 aromatic rings. The number of rotatable bonds is 5. The monoisotopic (exact) mass is 402 g/mol. The first-order chi connectivity index (χ1) is 13.6.